The van der Waals surface area contributed by atoms with Crippen LogP contribution < -0.4 is 21.9 Å². The molecule has 0 bridgehead atoms. The number of benzene rings is 3. The molecule has 0 saturated carbocycles. The fourth-order valence-electron chi connectivity index (χ4n) is 4.41. The lowest BCUT2D eigenvalue weighted by Crippen LogP contribution is -2.33. The van der Waals surface area contributed by atoms with E-state index in [1.165, 1.54) is 6.07 Å². The van der Waals surface area contributed by atoms with Crippen molar-refractivity contribution in [3.8, 4) is 5.69 Å². The van der Waals surface area contributed by atoms with Crippen LogP contribution in [0.1, 0.15) is 23.2 Å². The van der Waals surface area contributed by atoms with Gasteiger partial charge in [0.2, 0.25) is 5.91 Å². The molecule has 0 unspecified atom stereocenters. The second-order valence-electron chi connectivity index (χ2n) is 8.73. The Morgan fingerprint density at radius 1 is 0.833 bits per heavy atom. The third-order valence-corrected chi connectivity index (χ3v) is 6.14. The van der Waals surface area contributed by atoms with Gasteiger partial charge < -0.3 is 15.6 Å². The zero-order valence-electron chi connectivity index (χ0n) is 19.5. The number of carbonyl (C=O) groups is 2. The molecule has 3 aromatic carbocycles. The maximum atomic E-state index is 13.0. The normalized spacial score (nSPS) is 13.6. The van der Waals surface area contributed by atoms with E-state index >= 15 is 0 Å². The van der Waals surface area contributed by atoms with Gasteiger partial charge in [-0.15, -0.1) is 0 Å². The summed E-state index contributed by atoms with van der Waals surface area (Å²) in [6.07, 6.45) is 2.22. The first-order valence-corrected chi connectivity index (χ1v) is 11.8. The number of H-pyrrole nitrogens is 1. The number of hydrogen-bond donors (Lipinski definition) is 3. The molecule has 36 heavy (non-hydrogen) atoms. The Kier molecular flexibility index (Phi) is 6.46. The summed E-state index contributed by atoms with van der Waals surface area (Å²) in [7, 11) is 0. The minimum absolute atomic E-state index is 0.0980. The summed E-state index contributed by atoms with van der Waals surface area (Å²) >= 11 is 0. The number of carbonyl (C=O) groups excluding carboxylic acids is 2. The van der Waals surface area contributed by atoms with E-state index in [0.717, 1.165) is 30.5 Å². The standard InChI is InChI=1S/C27H25N5O4/c33-24(17-31-13-3-4-14-31)28-19-8-6-9-20(16-19)29-25(34)18-7-5-10-21(15-18)32-26(35)22-11-1-2-12-23(22)30-27(32)36/h1-2,5-12,15-16H,3-4,13-14,17H2,(H,28,33)(H,29,34)(H,30,36). The van der Waals surface area contributed by atoms with Crippen LogP contribution in [0.15, 0.2) is 82.4 Å². The third kappa shape index (κ3) is 4.96. The monoisotopic (exact) mass is 483 g/mol. The minimum atomic E-state index is -0.589. The van der Waals surface area contributed by atoms with Crippen molar-refractivity contribution in [1.82, 2.24) is 14.5 Å². The van der Waals surface area contributed by atoms with Gasteiger partial charge in [0.25, 0.3) is 11.5 Å². The average Bonchev–Trinajstić information content (AvgIpc) is 3.37. The molecule has 5 rings (SSSR count). The number of aromatic amines is 1. The van der Waals surface area contributed by atoms with Crippen LogP contribution >= 0.6 is 0 Å². The van der Waals surface area contributed by atoms with E-state index in [-0.39, 0.29) is 17.2 Å². The fourth-order valence-corrected chi connectivity index (χ4v) is 4.41. The number of hydrogen-bond acceptors (Lipinski definition) is 5. The molecule has 1 aromatic heterocycles. The number of aromatic nitrogens is 2. The van der Waals surface area contributed by atoms with E-state index in [0.29, 0.717) is 28.8 Å². The van der Waals surface area contributed by atoms with Crippen LogP contribution in [0.3, 0.4) is 0 Å². The zero-order valence-corrected chi connectivity index (χ0v) is 19.5. The predicted molar refractivity (Wildman–Crippen MR) is 139 cm³/mol. The third-order valence-electron chi connectivity index (χ3n) is 6.14. The van der Waals surface area contributed by atoms with Gasteiger partial charge in [-0.05, 0) is 74.5 Å². The Morgan fingerprint density at radius 3 is 2.36 bits per heavy atom. The first-order valence-electron chi connectivity index (χ1n) is 11.8. The molecule has 9 nitrogen and oxygen atoms in total. The van der Waals surface area contributed by atoms with Crippen LogP contribution in [0.2, 0.25) is 0 Å². The Labute approximate surface area is 206 Å². The summed E-state index contributed by atoms with van der Waals surface area (Å²) in [6, 6.07) is 20.0. The Morgan fingerprint density at radius 2 is 1.56 bits per heavy atom. The van der Waals surface area contributed by atoms with Crippen molar-refractivity contribution in [2.45, 2.75) is 12.8 Å². The van der Waals surface area contributed by atoms with Crippen molar-refractivity contribution in [1.29, 1.82) is 0 Å². The molecular formula is C27H25N5O4. The van der Waals surface area contributed by atoms with Crippen molar-refractivity contribution >= 4 is 34.1 Å². The average molecular weight is 484 g/mol. The second kappa shape index (κ2) is 10.0. The molecule has 1 fully saturated rings. The number of amides is 2. The van der Waals surface area contributed by atoms with E-state index in [2.05, 4.69) is 20.5 Å². The summed E-state index contributed by atoms with van der Waals surface area (Å²) < 4.78 is 1.01. The van der Waals surface area contributed by atoms with Crippen LogP contribution in [0.5, 0.6) is 0 Å². The molecule has 1 aliphatic rings. The van der Waals surface area contributed by atoms with Crippen molar-refractivity contribution in [2.75, 3.05) is 30.3 Å². The van der Waals surface area contributed by atoms with Gasteiger partial charge in [0.15, 0.2) is 0 Å². The lowest BCUT2D eigenvalue weighted by atomic mass is 10.1. The molecule has 0 aliphatic carbocycles. The van der Waals surface area contributed by atoms with Gasteiger partial charge in [0.05, 0.1) is 23.1 Å². The topological polar surface area (TPSA) is 116 Å². The van der Waals surface area contributed by atoms with Crippen LogP contribution in [0.25, 0.3) is 16.6 Å². The maximum Gasteiger partial charge on any atom is 0.333 e. The highest BCUT2D eigenvalue weighted by molar-refractivity contribution is 6.05. The summed E-state index contributed by atoms with van der Waals surface area (Å²) in [6.45, 7) is 2.20. The number of nitrogens with one attached hydrogen (secondary N) is 3. The first kappa shape index (κ1) is 23.3. The fraction of sp³-hybridized carbons (Fsp3) is 0.185. The molecule has 1 saturated heterocycles. The van der Waals surface area contributed by atoms with Crippen molar-refractivity contribution in [2.24, 2.45) is 0 Å². The second-order valence-corrected chi connectivity index (χ2v) is 8.73. The minimum Gasteiger partial charge on any atom is -0.325 e. The van der Waals surface area contributed by atoms with Crippen LogP contribution in [0.4, 0.5) is 11.4 Å². The van der Waals surface area contributed by atoms with Gasteiger partial charge >= 0.3 is 5.69 Å². The van der Waals surface area contributed by atoms with E-state index in [9.17, 15) is 19.2 Å². The van der Waals surface area contributed by atoms with E-state index in [4.69, 9.17) is 0 Å². The summed E-state index contributed by atoms with van der Waals surface area (Å²) in [5.41, 5.74) is 1.03. The van der Waals surface area contributed by atoms with Gasteiger partial charge in [-0.3, -0.25) is 19.3 Å². The van der Waals surface area contributed by atoms with Crippen LogP contribution in [-0.4, -0.2) is 45.9 Å². The Hall–Kier alpha value is -4.50. The van der Waals surface area contributed by atoms with Crippen molar-refractivity contribution < 1.29 is 9.59 Å². The largest absolute Gasteiger partial charge is 0.333 e. The van der Waals surface area contributed by atoms with Crippen LogP contribution in [0, 0.1) is 0 Å². The van der Waals surface area contributed by atoms with Gasteiger partial charge in [-0.1, -0.05) is 24.3 Å². The molecule has 2 heterocycles. The molecule has 182 valence electrons. The van der Waals surface area contributed by atoms with Crippen molar-refractivity contribution in [3.63, 3.8) is 0 Å². The highest BCUT2D eigenvalue weighted by Gasteiger charge is 2.16. The highest BCUT2D eigenvalue weighted by atomic mass is 16.2. The lowest BCUT2D eigenvalue weighted by Gasteiger charge is -2.14. The van der Waals surface area contributed by atoms with Crippen LogP contribution in [-0.2, 0) is 4.79 Å². The van der Waals surface area contributed by atoms with Gasteiger partial charge in [0.1, 0.15) is 0 Å². The Bertz CT molecular complexity index is 1570. The number of rotatable bonds is 6. The van der Waals surface area contributed by atoms with Gasteiger partial charge in [-0.25, -0.2) is 9.36 Å². The van der Waals surface area contributed by atoms with Gasteiger partial charge in [-0.2, -0.15) is 0 Å². The number of likely N-dealkylation sites (tertiary alicyclic amines) is 1. The molecular weight excluding hydrogens is 458 g/mol. The number of anilines is 2. The maximum absolute atomic E-state index is 13.0. The predicted octanol–water partition coefficient (Wildman–Crippen LogP) is 2.97. The van der Waals surface area contributed by atoms with E-state index < -0.39 is 17.2 Å². The molecule has 0 radical (unpaired) electrons. The molecule has 0 spiro atoms. The SMILES string of the molecule is O=C(CN1CCCC1)Nc1cccc(NC(=O)c2cccc(-n3c(=O)[nH]c4ccccc4c3=O)c2)c1. The summed E-state index contributed by atoms with van der Waals surface area (Å²) in [5, 5.41) is 6.05. The summed E-state index contributed by atoms with van der Waals surface area (Å²) in [5.74, 6) is -0.512. The van der Waals surface area contributed by atoms with Gasteiger partial charge in [0, 0.05) is 16.9 Å². The molecule has 0 atom stereocenters. The quantitative estimate of drug-likeness (QED) is 0.390. The highest BCUT2D eigenvalue weighted by Crippen LogP contribution is 2.18. The smallest absolute Gasteiger partial charge is 0.325 e. The molecule has 4 aromatic rings. The molecule has 3 N–H and O–H groups in total. The van der Waals surface area contributed by atoms with E-state index in [1.54, 1.807) is 66.7 Å². The lowest BCUT2D eigenvalue weighted by molar-refractivity contribution is -0.117. The number of nitrogens with zero attached hydrogens (tertiary/aromatic N) is 2. The number of para-hydroxylation sites is 1. The first-order chi connectivity index (χ1) is 17.5. The molecule has 2 amide bonds. The summed E-state index contributed by atoms with van der Waals surface area (Å²) in [4.78, 5) is 55.7. The van der Waals surface area contributed by atoms with Crippen molar-refractivity contribution in [3.05, 3.63) is 99.2 Å². The Balaban J connectivity index is 1.34. The molecule has 9 heteroatoms. The number of fused-ring (bicyclic) bond motifs is 1. The van der Waals surface area contributed by atoms with E-state index in [1.807, 2.05) is 0 Å². The zero-order chi connectivity index (χ0) is 25.1. The molecule has 1 aliphatic heterocycles.